The average Bonchev–Trinajstić information content (AvgIpc) is 2.88. The molecule has 0 amide bonds. The van der Waals surface area contributed by atoms with Crippen molar-refractivity contribution in [2.45, 2.75) is 33.5 Å². The average molecular weight is 671 g/mol. The zero-order valence-corrected chi connectivity index (χ0v) is 23.7. The van der Waals surface area contributed by atoms with Gasteiger partial charge in [-0.25, -0.2) is 0 Å². The van der Waals surface area contributed by atoms with Crippen molar-refractivity contribution in [1.29, 1.82) is 0 Å². The van der Waals surface area contributed by atoms with Crippen LogP contribution in [0.25, 0.3) is 33.1 Å². The van der Waals surface area contributed by atoms with Gasteiger partial charge in [-0.3, -0.25) is 19.6 Å². The maximum atomic E-state index is 12.8. The van der Waals surface area contributed by atoms with Gasteiger partial charge < -0.3 is 9.67 Å². The van der Waals surface area contributed by atoms with Crippen LogP contribution in [0.5, 0.6) is 5.75 Å². The summed E-state index contributed by atoms with van der Waals surface area (Å²) in [5.74, 6) is -3.28. The Morgan fingerprint density at radius 1 is 0.846 bits per heavy atom. The Morgan fingerprint density at radius 3 is 1.92 bits per heavy atom. The Morgan fingerprint density at radius 2 is 1.41 bits per heavy atom. The van der Waals surface area contributed by atoms with Crippen LogP contribution >= 0.6 is 0 Å². The summed E-state index contributed by atoms with van der Waals surface area (Å²) in [5, 5.41) is 11.6. The van der Waals surface area contributed by atoms with Gasteiger partial charge in [-0.05, 0) is 56.5 Å². The molecule has 1 radical (unpaired) electrons. The van der Waals surface area contributed by atoms with Crippen LogP contribution in [0.4, 0.5) is 13.2 Å². The first kappa shape index (κ1) is 30.6. The summed E-state index contributed by atoms with van der Waals surface area (Å²) in [6.07, 6.45) is -5.24. The molecule has 0 spiro atoms. The topological polar surface area (TPSA) is 85.1 Å². The first-order valence-electron chi connectivity index (χ1n) is 11.8. The number of carbonyl (C=O) groups excluding carboxylic acids is 1. The Balaban J connectivity index is 0.000000239. The molecule has 0 saturated heterocycles. The molecule has 0 aliphatic carbocycles. The second-order valence-electron chi connectivity index (χ2n) is 8.61. The standard InChI is InChI=1S/C17H12F3NO3.C12H12N2.Eu/c1-2-21-13-10-6-4-3-5-9(10)7-8-11(13)14(22)12(16(21)24)15(23)17(18,19)20;1-9-5-3-7-11(13-9)12-8-4-6-10(2)14-12;/h3-8,22H,2H2,1H3;3-8H,1-2H3;. The molecule has 0 bridgehead atoms. The van der Waals surface area contributed by atoms with E-state index in [0.29, 0.717) is 10.9 Å². The molecule has 0 aliphatic heterocycles. The molecule has 10 heteroatoms. The third-order valence-corrected chi connectivity index (χ3v) is 5.96. The number of carbonyl (C=O) groups is 1. The maximum absolute atomic E-state index is 12.8. The van der Waals surface area contributed by atoms with Crippen LogP contribution in [0.3, 0.4) is 0 Å². The number of hydrogen-bond donors (Lipinski definition) is 1. The van der Waals surface area contributed by atoms with E-state index >= 15 is 0 Å². The van der Waals surface area contributed by atoms with Gasteiger partial charge in [-0.1, -0.05) is 42.5 Å². The van der Waals surface area contributed by atoms with E-state index in [2.05, 4.69) is 9.97 Å². The van der Waals surface area contributed by atoms with Gasteiger partial charge in [-0.2, -0.15) is 13.2 Å². The molecule has 201 valence electrons. The second kappa shape index (κ2) is 12.5. The largest absolute Gasteiger partial charge is 0.506 e. The van der Waals surface area contributed by atoms with E-state index in [4.69, 9.17) is 0 Å². The first-order valence-corrected chi connectivity index (χ1v) is 11.8. The van der Waals surface area contributed by atoms with Crippen molar-refractivity contribution in [3.63, 3.8) is 0 Å². The van der Waals surface area contributed by atoms with Gasteiger partial charge in [0.15, 0.2) is 0 Å². The number of Topliss-reactive ketones (excluding diaryl/α,β-unsaturated/α-hetero) is 1. The summed E-state index contributed by atoms with van der Waals surface area (Å²) in [6.45, 7) is 5.61. The number of halogens is 3. The zero-order valence-electron chi connectivity index (χ0n) is 21.3. The van der Waals surface area contributed by atoms with E-state index in [0.717, 1.165) is 32.7 Å². The Kier molecular flexibility index (Phi) is 9.80. The summed E-state index contributed by atoms with van der Waals surface area (Å²) < 4.78 is 39.4. The molecular weight excluding hydrogens is 647 g/mol. The molecule has 0 atom stereocenters. The van der Waals surface area contributed by atoms with Gasteiger partial charge in [0.2, 0.25) is 0 Å². The van der Waals surface area contributed by atoms with Gasteiger partial charge >= 0.3 is 6.18 Å². The molecule has 6 nitrogen and oxygen atoms in total. The molecule has 0 aliphatic rings. The number of benzene rings is 2. The molecule has 1 N–H and O–H groups in total. The number of fused-ring (bicyclic) bond motifs is 3. The Hall–Kier alpha value is -2.95. The van der Waals surface area contributed by atoms with E-state index in [1.807, 2.05) is 50.2 Å². The van der Waals surface area contributed by atoms with Crippen molar-refractivity contribution in [3.05, 3.63) is 100 Å². The summed E-state index contributed by atoms with van der Waals surface area (Å²) in [7, 11) is 0. The summed E-state index contributed by atoms with van der Waals surface area (Å²) in [4.78, 5) is 32.9. The van der Waals surface area contributed by atoms with Crippen LogP contribution in [0.2, 0.25) is 0 Å². The smallest absolute Gasteiger partial charge is 0.455 e. The van der Waals surface area contributed by atoms with Crippen LogP contribution in [-0.2, 0) is 6.54 Å². The second-order valence-corrected chi connectivity index (χ2v) is 8.61. The van der Waals surface area contributed by atoms with Crippen molar-refractivity contribution in [1.82, 2.24) is 14.5 Å². The molecule has 5 rings (SSSR count). The molecule has 39 heavy (non-hydrogen) atoms. The van der Waals surface area contributed by atoms with Crippen molar-refractivity contribution >= 4 is 27.5 Å². The van der Waals surface area contributed by atoms with Crippen LogP contribution in [0.1, 0.15) is 28.7 Å². The van der Waals surface area contributed by atoms with E-state index in [-0.39, 0.29) is 61.3 Å². The number of aromatic hydroxyl groups is 1. The van der Waals surface area contributed by atoms with Gasteiger partial charge in [0.25, 0.3) is 11.3 Å². The van der Waals surface area contributed by atoms with Crippen molar-refractivity contribution in [2.24, 2.45) is 0 Å². The molecule has 3 heterocycles. The normalized spacial score (nSPS) is 11.0. The summed E-state index contributed by atoms with van der Waals surface area (Å²) >= 11 is 0. The van der Waals surface area contributed by atoms with Crippen LogP contribution in [0, 0.1) is 63.2 Å². The fraction of sp³-hybridized carbons (Fsp3) is 0.172. The molecule has 0 fully saturated rings. The fourth-order valence-electron chi connectivity index (χ4n) is 4.23. The zero-order chi connectivity index (χ0) is 27.6. The van der Waals surface area contributed by atoms with Gasteiger partial charge in [0.05, 0.1) is 16.9 Å². The molecule has 2 aromatic carbocycles. The number of ketones is 1. The number of hydrogen-bond acceptors (Lipinski definition) is 5. The minimum absolute atomic E-state index is 0. The SMILES string of the molecule is CCn1c(=O)c(C(=O)C(F)(F)F)c(O)c2ccc3ccccc3c21.Cc1cccc(-c2cccc(C)n2)n1.[Eu]. The fourth-order valence-corrected chi connectivity index (χ4v) is 4.23. The van der Waals surface area contributed by atoms with E-state index in [1.165, 1.54) is 6.07 Å². The number of nitrogens with zero attached hydrogens (tertiary/aromatic N) is 3. The van der Waals surface area contributed by atoms with Crippen LogP contribution in [0.15, 0.2) is 77.6 Å². The van der Waals surface area contributed by atoms with Crippen molar-refractivity contribution in [3.8, 4) is 17.1 Å². The molecule has 3 aromatic heterocycles. The van der Waals surface area contributed by atoms with Gasteiger partial charge in [0, 0.05) is 78.1 Å². The van der Waals surface area contributed by atoms with Crippen molar-refractivity contribution in [2.75, 3.05) is 0 Å². The van der Waals surface area contributed by atoms with Crippen molar-refractivity contribution < 1.29 is 72.4 Å². The van der Waals surface area contributed by atoms with E-state index in [1.54, 1.807) is 37.3 Å². The maximum Gasteiger partial charge on any atom is 0.455 e. The van der Waals surface area contributed by atoms with Crippen LogP contribution in [-0.4, -0.2) is 31.6 Å². The number of rotatable bonds is 3. The number of aryl methyl sites for hydroxylation is 3. The number of aromatic nitrogens is 3. The predicted molar refractivity (Wildman–Crippen MR) is 140 cm³/mol. The van der Waals surface area contributed by atoms with Crippen LogP contribution < -0.4 is 5.56 Å². The summed E-state index contributed by atoms with van der Waals surface area (Å²) in [5.41, 5.74) is 1.82. The quantitative estimate of drug-likeness (QED) is 0.178. The Bertz CT molecular complexity index is 1690. The first-order chi connectivity index (χ1) is 18.0. The Labute approximate surface area is 263 Å². The summed E-state index contributed by atoms with van der Waals surface area (Å²) in [6, 6.07) is 21.9. The van der Waals surface area contributed by atoms with E-state index in [9.17, 15) is 27.9 Å². The molecule has 0 unspecified atom stereocenters. The minimum Gasteiger partial charge on any atom is -0.506 e. The predicted octanol–water partition coefficient (Wildman–Crippen LogP) is 6.39. The monoisotopic (exact) mass is 672 g/mol. The van der Waals surface area contributed by atoms with Gasteiger partial charge in [0.1, 0.15) is 11.3 Å². The number of alkyl halides is 3. The minimum atomic E-state index is -5.24. The molecular formula is C29H24EuF3N3O3. The molecule has 5 aromatic rings. The molecule has 0 saturated carbocycles. The van der Waals surface area contributed by atoms with E-state index < -0.39 is 28.8 Å². The van der Waals surface area contributed by atoms with Gasteiger partial charge in [-0.15, -0.1) is 0 Å². The third kappa shape index (κ3) is 6.45. The third-order valence-electron chi connectivity index (χ3n) is 5.96. The number of pyridine rings is 3.